The number of thioether (sulfide) groups is 1. The fourth-order valence-corrected chi connectivity index (χ4v) is 3.02. The Kier molecular flexibility index (Phi) is 3.51. The van der Waals surface area contributed by atoms with Crippen molar-refractivity contribution in [3.05, 3.63) is 42.2 Å². The van der Waals surface area contributed by atoms with Gasteiger partial charge in [-0.3, -0.25) is 0 Å². The summed E-state index contributed by atoms with van der Waals surface area (Å²) < 4.78 is 1.74. The summed E-state index contributed by atoms with van der Waals surface area (Å²) in [6, 6.07) is 9.69. The number of aromatic nitrogens is 2. The number of H-pyrrole nitrogens is 1. The van der Waals surface area contributed by atoms with Crippen LogP contribution in [-0.2, 0) is 0 Å². The molecule has 0 atom stereocenters. The van der Waals surface area contributed by atoms with E-state index in [0.29, 0.717) is 0 Å². The Morgan fingerprint density at radius 2 is 2.00 bits per heavy atom. The van der Waals surface area contributed by atoms with Gasteiger partial charge >= 0.3 is 5.65 Å². The van der Waals surface area contributed by atoms with Crippen LogP contribution in [0.2, 0.25) is 0 Å². The highest BCUT2D eigenvalue weighted by Gasteiger charge is 2.19. The zero-order valence-electron chi connectivity index (χ0n) is 12.2. The van der Waals surface area contributed by atoms with Gasteiger partial charge in [0, 0.05) is 22.9 Å². The lowest BCUT2D eigenvalue weighted by atomic mass is 10.0. The van der Waals surface area contributed by atoms with Gasteiger partial charge < -0.3 is 9.94 Å². The van der Waals surface area contributed by atoms with Crippen LogP contribution in [-0.4, -0.2) is 23.5 Å². The first-order valence-electron chi connectivity index (χ1n) is 6.60. The van der Waals surface area contributed by atoms with Crippen molar-refractivity contribution >= 4 is 22.8 Å². The van der Waals surface area contributed by atoms with E-state index < -0.39 is 0 Å². The highest BCUT2D eigenvalue weighted by Crippen LogP contribution is 2.36. The summed E-state index contributed by atoms with van der Waals surface area (Å²) in [6.45, 7) is 1.97. The van der Waals surface area contributed by atoms with Crippen LogP contribution in [0.15, 0.2) is 41.4 Å². The molecule has 0 spiro atoms. The molecule has 3 aromatic rings. The van der Waals surface area contributed by atoms with E-state index in [-0.39, 0.29) is 5.75 Å². The fraction of sp³-hybridized carbons (Fsp3) is 0.188. The number of benzene rings is 1. The number of hydrogen-bond acceptors (Lipinski definition) is 3. The van der Waals surface area contributed by atoms with Gasteiger partial charge in [0.2, 0.25) is 0 Å². The van der Waals surface area contributed by atoms with Gasteiger partial charge in [0.15, 0.2) is 0 Å². The highest BCUT2D eigenvalue weighted by molar-refractivity contribution is 7.98. The minimum atomic E-state index is 0.282. The second kappa shape index (κ2) is 5.33. The Bertz CT molecular complexity index is 811. The number of hydrogen-bond donors (Lipinski definition) is 2. The van der Waals surface area contributed by atoms with Crippen LogP contribution in [0.1, 0.15) is 5.69 Å². The van der Waals surface area contributed by atoms with Crippen molar-refractivity contribution in [1.82, 2.24) is 4.98 Å². The first kappa shape index (κ1) is 13.8. The molecule has 2 aromatic heterocycles. The predicted molar refractivity (Wildman–Crippen MR) is 84.6 cm³/mol. The van der Waals surface area contributed by atoms with Gasteiger partial charge in [0.1, 0.15) is 18.6 Å². The molecule has 5 heteroatoms. The number of pyridine rings is 1. The smallest absolute Gasteiger partial charge is 0.326 e. The van der Waals surface area contributed by atoms with Crippen LogP contribution in [0.25, 0.3) is 22.2 Å². The van der Waals surface area contributed by atoms with E-state index in [1.165, 1.54) is 0 Å². The number of phenols is 1. The molecule has 0 radical (unpaired) electrons. The summed E-state index contributed by atoms with van der Waals surface area (Å²) in [5.74, 6) is 0.282. The summed E-state index contributed by atoms with van der Waals surface area (Å²) in [5, 5.41) is 11.3. The maximum atomic E-state index is 10.2. The maximum Gasteiger partial charge on any atom is 0.326 e. The molecule has 0 fully saturated rings. The molecule has 0 saturated carbocycles. The van der Waals surface area contributed by atoms with Crippen molar-refractivity contribution in [2.75, 3.05) is 13.4 Å². The number of aryl methyl sites for hydroxylation is 1. The Balaban J connectivity index is 2.33. The first-order valence-corrected chi connectivity index (χ1v) is 7.82. The molecule has 2 heterocycles. The molecule has 0 bridgehead atoms. The van der Waals surface area contributed by atoms with Crippen LogP contribution in [0, 0.1) is 6.92 Å². The molecule has 0 aliphatic rings. The second-order valence-electron chi connectivity index (χ2n) is 4.80. The molecule has 0 saturated heterocycles. The summed E-state index contributed by atoms with van der Waals surface area (Å²) in [6.07, 6.45) is 3.90. The Morgan fingerprint density at radius 1 is 1.19 bits per heavy atom. The summed E-state index contributed by atoms with van der Waals surface area (Å²) in [5.41, 5.74) is 3.65. The predicted octanol–water partition coefficient (Wildman–Crippen LogP) is 2.92. The minimum absolute atomic E-state index is 0.282. The number of nitrogens with one attached hydrogen (secondary N) is 1. The highest BCUT2D eigenvalue weighted by atomic mass is 32.2. The molecule has 4 nitrogen and oxygen atoms in total. The van der Waals surface area contributed by atoms with Crippen molar-refractivity contribution < 1.29 is 14.7 Å². The maximum absolute atomic E-state index is 10.2. The fourth-order valence-electron chi connectivity index (χ4n) is 2.58. The number of nitrogens with zero attached hydrogens (tertiary/aromatic N) is 1. The number of phenolic OH excluding ortho intramolecular Hbond substituents is 1. The Hall–Kier alpha value is -2.14. The third-order valence-electron chi connectivity index (χ3n) is 3.57. The quantitative estimate of drug-likeness (QED) is 0.578. The van der Waals surface area contributed by atoms with Crippen LogP contribution >= 0.6 is 11.8 Å². The van der Waals surface area contributed by atoms with E-state index in [1.54, 1.807) is 29.7 Å². The summed E-state index contributed by atoms with van der Waals surface area (Å²) in [7, 11) is 1.64. The number of aromatic amines is 1. The largest absolute Gasteiger partial charge is 0.507 e. The number of rotatable bonds is 3. The molecule has 0 aliphatic heterocycles. The van der Waals surface area contributed by atoms with E-state index in [1.807, 2.05) is 43.6 Å². The van der Waals surface area contributed by atoms with Crippen LogP contribution in [0.4, 0.5) is 0 Å². The zero-order chi connectivity index (χ0) is 15.0. The third kappa shape index (κ3) is 2.23. The molecule has 1 aromatic carbocycles. The SMILES string of the molecule is CO[n+]1c(C)cc(-c2cc(SC)ccc2O)c2cc[nH]c21. The lowest BCUT2D eigenvalue weighted by Gasteiger charge is -2.10. The van der Waals surface area contributed by atoms with Crippen molar-refractivity contribution in [2.24, 2.45) is 0 Å². The van der Waals surface area contributed by atoms with E-state index in [0.717, 1.165) is 32.7 Å². The summed E-state index contributed by atoms with van der Waals surface area (Å²) >= 11 is 1.66. The topological polar surface area (TPSA) is 49.1 Å². The Labute approximate surface area is 127 Å². The van der Waals surface area contributed by atoms with Gasteiger partial charge in [-0.2, -0.15) is 0 Å². The van der Waals surface area contributed by atoms with Crippen LogP contribution in [0.3, 0.4) is 0 Å². The molecule has 3 rings (SSSR count). The van der Waals surface area contributed by atoms with Gasteiger partial charge in [-0.15, -0.1) is 11.8 Å². The molecule has 0 unspecified atom stereocenters. The zero-order valence-corrected chi connectivity index (χ0v) is 13.0. The van der Waals surface area contributed by atoms with Crippen molar-refractivity contribution in [1.29, 1.82) is 0 Å². The third-order valence-corrected chi connectivity index (χ3v) is 4.29. The molecule has 0 amide bonds. The number of fused-ring (bicyclic) bond motifs is 1. The molecule has 108 valence electrons. The average Bonchev–Trinajstić information content (AvgIpc) is 2.96. The lowest BCUT2D eigenvalue weighted by Crippen LogP contribution is -2.44. The van der Waals surface area contributed by atoms with Gasteiger partial charge in [0.05, 0.1) is 11.6 Å². The average molecular weight is 301 g/mol. The van der Waals surface area contributed by atoms with Crippen molar-refractivity contribution in [3.63, 3.8) is 0 Å². The van der Waals surface area contributed by atoms with Gasteiger partial charge in [-0.1, -0.05) is 0 Å². The van der Waals surface area contributed by atoms with E-state index in [9.17, 15) is 5.11 Å². The lowest BCUT2D eigenvalue weighted by molar-refractivity contribution is -0.870. The van der Waals surface area contributed by atoms with Crippen LogP contribution < -0.4 is 9.57 Å². The standard InChI is InChI=1S/C16H16N2O2S/c1-10-8-13(12-6-7-17-16(12)18(10)20-2)14-9-11(21-3)4-5-15(14)19/h4-9H,1-3H3,(H,17,19)/p+1. The normalized spacial score (nSPS) is 11.0. The van der Waals surface area contributed by atoms with Crippen LogP contribution in [0.5, 0.6) is 5.75 Å². The second-order valence-corrected chi connectivity index (χ2v) is 5.68. The molecular weight excluding hydrogens is 284 g/mol. The summed E-state index contributed by atoms with van der Waals surface area (Å²) in [4.78, 5) is 9.71. The van der Waals surface area contributed by atoms with Gasteiger partial charge in [-0.05, 0) is 41.3 Å². The molecule has 21 heavy (non-hydrogen) atoms. The number of aromatic hydroxyl groups is 1. The Morgan fingerprint density at radius 3 is 2.71 bits per heavy atom. The first-order chi connectivity index (χ1) is 10.2. The molecular formula is C16H17N2O2S+. The van der Waals surface area contributed by atoms with E-state index in [2.05, 4.69) is 4.98 Å². The van der Waals surface area contributed by atoms with Gasteiger partial charge in [-0.25, -0.2) is 4.98 Å². The van der Waals surface area contributed by atoms with Crippen molar-refractivity contribution in [3.8, 4) is 16.9 Å². The minimum Gasteiger partial charge on any atom is -0.507 e. The van der Waals surface area contributed by atoms with E-state index >= 15 is 0 Å². The van der Waals surface area contributed by atoms with E-state index in [4.69, 9.17) is 4.84 Å². The monoisotopic (exact) mass is 301 g/mol. The molecule has 0 aliphatic carbocycles. The van der Waals surface area contributed by atoms with Crippen molar-refractivity contribution in [2.45, 2.75) is 11.8 Å². The van der Waals surface area contributed by atoms with Gasteiger partial charge in [0.25, 0.3) is 0 Å². The molecule has 2 N–H and O–H groups in total.